The fourth-order valence-electron chi connectivity index (χ4n) is 3.88. The molecule has 30 heavy (non-hydrogen) atoms. The number of nitrogens with zero attached hydrogens (tertiary/aromatic N) is 2. The number of ether oxygens (including phenoxy) is 3. The van der Waals surface area contributed by atoms with Crippen molar-refractivity contribution in [3.05, 3.63) is 64.7 Å². The summed E-state index contributed by atoms with van der Waals surface area (Å²) < 4.78 is 16.0. The number of methoxy groups -OCH3 is 3. The van der Waals surface area contributed by atoms with E-state index in [0.29, 0.717) is 31.0 Å². The summed E-state index contributed by atoms with van der Waals surface area (Å²) in [7, 11) is 4.69. The number of carbonyl (C=O) groups excluding carboxylic acids is 1. The molecule has 2 heterocycles. The first-order chi connectivity index (χ1) is 14.6. The summed E-state index contributed by atoms with van der Waals surface area (Å²) in [4.78, 5) is 19.4. The normalized spacial score (nSPS) is 16.0. The van der Waals surface area contributed by atoms with Gasteiger partial charge in [0.2, 0.25) is 0 Å². The zero-order valence-electron chi connectivity index (χ0n) is 17.3. The third-order valence-electron chi connectivity index (χ3n) is 5.37. The van der Waals surface area contributed by atoms with Gasteiger partial charge in [0.05, 0.1) is 32.6 Å². The van der Waals surface area contributed by atoms with Gasteiger partial charge in [0, 0.05) is 18.5 Å². The van der Waals surface area contributed by atoms with E-state index in [2.05, 4.69) is 17.0 Å². The lowest BCUT2D eigenvalue weighted by atomic mass is 9.94. The zero-order chi connectivity index (χ0) is 21.1. The summed E-state index contributed by atoms with van der Waals surface area (Å²) >= 11 is 1.55. The SMILES string of the molecule is COC(=O)C1Cc2ccccc2CN1Cc1csc(-c2cccc(OC)c2OC)n1. The molecule has 0 radical (unpaired) electrons. The van der Waals surface area contributed by atoms with Crippen LogP contribution in [0.3, 0.4) is 0 Å². The molecule has 1 atom stereocenters. The minimum atomic E-state index is -0.318. The molecule has 0 aliphatic carbocycles. The monoisotopic (exact) mass is 424 g/mol. The van der Waals surface area contributed by atoms with Crippen molar-refractivity contribution in [3.63, 3.8) is 0 Å². The molecule has 2 aromatic carbocycles. The van der Waals surface area contributed by atoms with Gasteiger partial charge in [-0.05, 0) is 29.7 Å². The van der Waals surface area contributed by atoms with Crippen LogP contribution in [0.1, 0.15) is 16.8 Å². The van der Waals surface area contributed by atoms with Crippen molar-refractivity contribution in [2.45, 2.75) is 25.6 Å². The van der Waals surface area contributed by atoms with E-state index < -0.39 is 0 Å². The van der Waals surface area contributed by atoms with Gasteiger partial charge in [-0.25, -0.2) is 4.98 Å². The minimum absolute atomic E-state index is 0.213. The average Bonchev–Trinajstić information content (AvgIpc) is 3.25. The summed E-state index contributed by atoms with van der Waals surface area (Å²) in [5.41, 5.74) is 4.24. The molecule has 0 N–H and O–H groups in total. The van der Waals surface area contributed by atoms with Crippen LogP contribution in [0.2, 0.25) is 0 Å². The molecule has 1 aliphatic rings. The van der Waals surface area contributed by atoms with Crippen LogP contribution in [0.15, 0.2) is 47.8 Å². The molecule has 1 aromatic heterocycles. The van der Waals surface area contributed by atoms with E-state index in [1.807, 2.05) is 35.7 Å². The molecule has 0 bridgehead atoms. The van der Waals surface area contributed by atoms with Crippen LogP contribution in [-0.2, 0) is 29.0 Å². The lowest BCUT2D eigenvalue weighted by Gasteiger charge is -2.34. The van der Waals surface area contributed by atoms with E-state index in [1.165, 1.54) is 18.2 Å². The van der Waals surface area contributed by atoms with Gasteiger partial charge in [0.15, 0.2) is 11.5 Å². The summed E-state index contributed by atoms with van der Waals surface area (Å²) in [5.74, 6) is 1.12. The second-order valence-electron chi connectivity index (χ2n) is 7.10. The predicted octanol–water partition coefficient (Wildman–Crippen LogP) is 3.93. The van der Waals surface area contributed by atoms with Gasteiger partial charge in [-0.15, -0.1) is 11.3 Å². The molecule has 6 nitrogen and oxygen atoms in total. The number of aromatic nitrogens is 1. The molecular weight excluding hydrogens is 400 g/mol. The number of para-hydroxylation sites is 1. The summed E-state index contributed by atoms with van der Waals surface area (Å²) in [6.07, 6.45) is 0.642. The van der Waals surface area contributed by atoms with Crippen molar-refractivity contribution in [1.82, 2.24) is 9.88 Å². The van der Waals surface area contributed by atoms with E-state index in [1.54, 1.807) is 25.6 Å². The number of rotatable bonds is 6. The molecule has 4 rings (SSSR count). The topological polar surface area (TPSA) is 60.9 Å². The maximum absolute atomic E-state index is 12.4. The Kier molecular flexibility index (Phi) is 6.01. The van der Waals surface area contributed by atoms with Gasteiger partial charge < -0.3 is 14.2 Å². The fraction of sp³-hybridized carbons (Fsp3) is 0.304. The van der Waals surface area contributed by atoms with Gasteiger partial charge in [-0.2, -0.15) is 0 Å². The van der Waals surface area contributed by atoms with E-state index in [-0.39, 0.29) is 12.0 Å². The second-order valence-corrected chi connectivity index (χ2v) is 7.96. The third-order valence-corrected chi connectivity index (χ3v) is 6.29. The van der Waals surface area contributed by atoms with Crippen LogP contribution in [0.5, 0.6) is 11.5 Å². The number of hydrogen-bond acceptors (Lipinski definition) is 7. The molecule has 1 unspecified atom stereocenters. The molecule has 0 fully saturated rings. The highest BCUT2D eigenvalue weighted by molar-refractivity contribution is 7.13. The second kappa shape index (κ2) is 8.85. The van der Waals surface area contributed by atoms with Crippen LogP contribution >= 0.6 is 11.3 Å². The third kappa shape index (κ3) is 3.91. The van der Waals surface area contributed by atoms with Crippen molar-refractivity contribution in [1.29, 1.82) is 0 Å². The number of carbonyl (C=O) groups is 1. The van der Waals surface area contributed by atoms with Crippen molar-refractivity contribution in [3.8, 4) is 22.1 Å². The number of benzene rings is 2. The molecule has 0 spiro atoms. The summed E-state index contributed by atoms with van der Waals surface area (Å²) in [6.45, 7) is 1.25. The Balaban J connectivity index is 1.61. The fourth-order valence-corrected chi connectivity index (χ4v) is 4.71. The quantitative estimate of drug-likeness (QED) is 0.559. The first-order valence-corrected chi connectivity index (χ1v) is 10.6. The van der Waals surface area contributed by atoms with Gasteiger partial charge in [0.1, 0.15) is 11.0 Å². The molecule has 0 saturated heterocycles. The Hall–Kier alpha value is -2.90. The van der Waals surface area contributed by atoms with Crippen LogP contribution < -0.4 is 9.47 Å². The summed E-state index contributed by atoms with van der Waals surface area (Å²) in [5, 5.41) is 2.89. The van der Waals surface area contributed by atoms with Crippen molar-refractivity contribution in [2.24, 2.45) is 0 Å². The van der Waals surface area contributed by atoms with Crippen LogP contribution in [0.25, 0.3) is 10.6 Å². The first-order valence-electron chi connectivity index (χ1n) is 9.69. The predicted molar refractivity (Wildman–Crippen MR) is 116 cm³/mol. The highest BCUT2D eigenvalue weighted by Gasteiger charge is 2.32. The van der Waals surface area contributed by atoms with Crippen molar-refractivity contribution in [2.75, 3.05) is 21.3 Å². The van der Waals surface area contributed by atoms with E-state index in [4.69, 9.17) is 19.2 Å². The first kappa shape index (κ1) is 20.4. The minimum Gasteiger partial charge on any atom is -0.493 e. The lowest BCUT2D eigenvalue weighted by molar-refractivity contribution is -0.148. The Morgan fingerprint density at radius 3 is 2.63 bits per heavy atom. The van der Waals surface area contributed by atoms with E-state index in [0.717, 1.165) is 16.3 Å². The maximum Gasteiger partial charge on any atom is 0.323 e. The molecule has 0 amide bonds. The van der Waals surface area contributed by atoms with Crippen LogP contribution in [0, 0.1) is 0 Å². The van der Waals surface area contributed by atoms with Gasteiger partial charge >= 0.3 is 5.97 Å². The van der Waals surface area contributed by atoms with E-state index >= 15 is 0 Å². The molecule has 7 heteroatoms. The Labute approximate surface area is 180 Å². The average molecular weight is 425 g/mol. The molecule has 3 aromatic rings. The smallest absolute Gasteiger partial charge is 0.323 e. The standard InChI is InChI=1S/C23H24N2O4S/c1-27-20-10-6-9-18(21(20)28-2)22-24-17(14-30-22)13-25-12-16-8-5-4-7-15(16)11-19(25)23(26)29-3/h4-10,14,19H,11-13H2,1-3H3. The molecule has 0 saturated carbocycles. The molecular formula is C23H24N2O4S. The largest absolute Gasteiger partial charge is 0.493 e. The highest BCUT2D eigenvalue weighted by atomic mass is 32.1. The highest BCUT2D eigenvalue weighted by Crippen LogP contribution is 2.39. The number of hydrogen-bond donors (Lipinski definition) is 0. The van der Waals surface area contributed by atoms with Crippen LogP contribution in [0.4, 0.5) is 0 Å². The van der Waals surface area contributed by atoms with Gasteiger partial charge in [0.25, 0.3) is 0 Å². The lowest BCUT2D eigenvalue weighted by Crippen LogP contribution is -2.45. The summed E-state index contributed by atoms with van der Waals surface area (Å²) in [6, 6.07) is 13.7. The zero-order valence-corrected chi connectivity index (χ0v) is 18.1. The van der Waals surface area contributed by atoms with Crippen LogP contribution in [-0.4, -0.2) is 43.2 Å². The number of thiazole rings is 1. The maximum atomic E-state index is 12.4. The number of fused-ring (bicyclic) bond motifs is 1. The van der Waals surface area contributed by atoms with Crippen molar-refractivity contribution < 1.29 is 19.0 Å². The Bertz CT molecular complexity index is 1050. The van der Waals surface area contributed by atoms with Crippen molar-refractivity contribution >= 4 is 17.3 Å². The Morgan fingerprint density at radius 2 is 1.90 bits per heavy atom. The van der Waals surface area contributed by atoms with Gasteiger partial charge in [-0.3, -0.25) is 9.69 Å². The Morgan fingerprint density at radius 1 is 1.10 bits per heavy atom. The molecule has 1 aliphatic heterocycles. The van der Waals surface area contributed by atoms with E-state index in [9.17, 15) is 4.79 Å². The molecule has 156 valence electrons. The number of esters is 1. The van der Waals surface area contributed by atoms with Gasteiger partial charge in [-0.1, -0.05) is 30.3 Å².